The minimum Gasteiger partial charge on any atom is -0.393 e. The lowest BCUT2D eigenvalue weighted by atomic mass is 10.0. The molecule has 1 aliphatic rings. The molecule has 1 rings (SSSR count). The zero-order valence-corrected chi connectivity index (χ0v) is 10.8. The zero-order valence-electron chi connectivity index (χ0n) is 10.8. The van der Waals surface area contributed by atoms with Gasteiger partial charge in [-0.3, -0.25) is 0 Å². The third-order valence-corrected chi connectivity index (χ3v) is 3.58. The van der Waals surface area contributed by atoms with Crippen LogP contribution in [-0.2, 0) is 4.74 Å². The van der Waals surface area contributed by atoms with Crippen molar-refractivity contribution in [2.45, 2.75) is 76.7 Å². The smallest absolute Gasteiger partial charge is 0.115 e. The number of hydrogen-bond acceptors (Lipinski definition) is 2. The van der Waals surface area contributed by atoms with E-state index in [4.69, 9.17) is 9.84 Å². The highest BCUT2D eigenvalue weighted by molar-refractivity contribution is 4.90. The van der Waals surface area contributed by atoms with E-state index in [1.165, 1.54) is 57.8 Å². The summed E-state index contributed by atoms with van der Waals surface area (Å²) in [6, 6.07) is 0. The van der Waals surface area contributed by atoms with Crippen molar-refractivity contribution in [2.24, 2.45) is 0 Å². The number of hydrogen-bond donors (Lipinski definition) is 1. The highest BCUT2D eigenvalue weighted by Gasteiger charge is 2.43. The number of aliphatic hydroxyl groups is 1. The molecule has 2 nitrogen and oxygen atoms in total. The summed E-state index contributed by atoms with van der Waals surface area (Å²) >= 11 is 0. The van der Waals surface area contributed by atoms with Crippen LogP contribution in [0.5, 0.6) is 0 Å². The van der Waals surface area contributed by atoms with Gasteiger partial charge >= 0.3 is 0 Å². The summed E-state index contributed by atoms with van der Waals surface area (Å²) in [6.45, 7) is 3.25. The van der Waals surface area contributed by atoms with Crippen molar-refractivity contribution < 1.29 is 9.84 Å². The van der Waals surface area contributed by atoms with Crippen LogP contribution in [0.3, 0.4) is 0 Å². The maximum atomic E-state index is 9.05. The summed E-state index contributed by atoms with van der Waals surface area (Å²) in [6.07, 6.45) is 13.3. The van der Waals surface area contributed by atoms with Crippen molar-refractivity contribution >= 4 is 0 Å². The van der Waals surface area contributed by atoms with Gasteiger partial charge in [0.25, 0.3) is 0 Å². The number of ether oxygens (including phenoxy) is 1. The van der Waals surface area contributed by atoms with Crippen molar-refractivity contribution in [3.63, 3.8) is 0 Å². The van der Waals surface area contributed by atoms with Crippen LogP contribution in [0, 0.1) is 0 Å². The molecule has 1 heterocycles. The molecular formula is C14H28O2. The average Bonchev–Trinajstić information content (AvgIpc) is 3.08. The molecule has 0 aromatic rings. The predicted octanol–water partition coefficient (Wildman–Crippen LogP) is 3.67. The number of epoxide rings is 1. The van der Waals surface area contributed by atoms with Crippen LogP contribution in [0.2, 0.25) is 0 Å². The Bertz CT molecular complexity index is 164. The lowest BCUT2D eigenvalue weighted by Gasteiger charge is -2.07. The minimum atomic E-state index is -0.110. The lowest BCUT2D eigenvalue weighted by Crippen LogP contribution is -2.16. The molecule has 2 heteroatoms. The molecule has 1 fully saturated rings. The average molecular weight is 228 g/mol. The van der Waals surface area contributed by atoms with E-state index in [1.807, 2.05) is 0 Å². The first-order chi connectivity index (χ1) is 7.83. The molecule has 1 saturated heterocycles. The van der Waals surface area contributed by atoms with Crippen LogP contribution in [0.15, 0.2) is 0 Å². The van der Waals surface area contributed by atoms with Crippen LogP contribution in [0.4, 0.5) is 0 Å². The van der Waals surface area contributed by atoms with Gasteiger partial charge in [0.2, 0.25) is 0 Å². The summed E-state index contributed by atoms with van der Waals surface area (Å²) in [7, 11) is 0. The molecule has 0 bridgehead atoms. The molecule has 1 atom stereocenters. The molecule has 0 aromatic carbocycles. The Balaban J connectivity index is 1.75. The first-order valence-corrected chi connectivity index (χ1v) is 7.08. The third-order valence-electron chi connectivity index (χ3n) is 3.58. The lowest BCUT2D eigenvalue weighted by molar-refractivity contribution is 0.161. The molecule has 0 spiro atoms. The fourth-order valence-electron chi connectivity index (χ4n) is 2.17. The molecule has 16 heavy (non-hydrogen) atoms. The Kier molecular flexibility index (Phi) is 7.06. The molecule has 0 aromatic heterocycles. The SMILES string of the molecule is CCCCCCCCCCCC1(CO)CO1. The van der Waals surface area contributed by atoms with Crippen LogP contribution in [0.1, 0.15) is 71.1 Å². The van der Waals surface area contributed by atoms with E-state index in [0.29, 0.717) is 0 Å². The quantitative estimate of drug-likeness (QED) is 0.432. The van der Waals surface area contributed by atoms with Crippen molar-refractivity contribution in [3.05, 3.63) is 0 Å². The maximum Gasteiger partial charge on any atom is 0.115 e. The Morgan fingerprint density at radius 1 is 0.938 bits per heavy atom. The molecule has 0 aliphatic carbocycles. The van der Waals surface area contributed by atoms with E-state index < -0.39 is 0 Å². The summed E-state index contributed by atoms with van der Waals surface area (Å²) in [5, 5.41) is 9.05. The highest BCUT2D eigenvalue weighted by Crippen LogP contribution is 2.32. The van der Waals surface area contributed by atoms with Crippen molar-refractivity contribution in [2.75, 3.05) is 13.2 Å². The molecule has 1 unspecified atom stereocenters. The van der Waals surface area contributed by atoms with Crippen LogP contribution in [0.25, 0.3) is 0 Å². The molecule has 0 amide bonds. The second kappa shape index (κ2) is 8.08. The van der Waals surface area contributed by atoms with E-state index in [1.54, 1.807) is 0 Å². The Hall–Kier alpha value is -0.0800. The van der Waals surface area contributed by atoms with E-state index in [9.17, 15) is 0 Å². The molecule has 1 aliphatic heterocycles. The fraction of sp³-hybridized carbons (Fsp3) is 1.00. The zero-order chi connectivity index (χ0) is 11.7. The maximum absolute atomic E-state index is 9.05. The predicted molar refractivity (Wildman–Crippen MR) is 67.6 cm³/mol. The van der Waals surface area contributed by atoms with E-state index >= 15 is 0 Å². The van der Waals surface area contributed by atoms with Gasteiger partial charge in [0, 0.05) is 0 Å². The number of unbranched alkanes of at least 4 members (excludes halogenated alkanes) is 8. The largest absolute Gasteiger partial charge is 0.393 e. The van der Waals surface area contributed by atoms with Crippen LogP contribution in [-0.4, -0.2) is 23.9 Å². The van der Waals surface area contributed by atoms with Gasteiger partial charge in [-0.15, -0.1) is 0 Å². The minimum absolute atomic E-state index is 0.110. The Morgan fingerprint density at radius 3 is 1.88 bits per heavy atom. The van der Waals surface area contributed by atoms with Gasteiger partial charge in [0.05, 0.1) is 13.2 Å². The van der Waals surface area contributed by atoms with Crippen molar-refractivity contribution in [3.8, 4) is 0 Å². The second-order valence-corrected chi connectivity index (χ2v) is 5.21. The summed E-state index contributed by atoms with van der Waals surface area (Å²) in [5.74, 6) is 0. The van der Waals surface area contributed by atoms with E-state index in [0.717, 1.165) is 13.0 Å². The van der Waals surface area contributed by atoms with Gasteiger partial charge in [-0.05, 0) is 6.42 Å². The van der Waals surface area contributed by atoms with Gasteiger partial charge in [0.1, 0.15) is 5.60 Å². The van der Waals surface area contributed by atoms with Crippen molar-refractivity contribution in [1.29, 1.82) is 0 Å². The molecule has 0 saturated carbocycles. The fourth-order valence-corrected chi connectivity index (χ4v) is 2.17. The van der Waals surface area contributed by atoms with E-state index in [-0.39, 0.29) is 12.2 Å². The summed E-state index contributed by atoms with van der Waals surface area (Å²) in [4.78, 5) is 0. The number of rotatable bonds is 11. The summed E-state index contributed by atoms with van der Waals surface area (Å²) < 4.78 is 5.27. The topological polar surface area (TPSA) is 32.8 Å². The van der Waals surface area contributed by atoms with Gasteiger partial charge in [0.15, 0.2) is 0 Å². The standard InChI is InChI=1S/C14H28O2/c1-2-3-4-5-6-7-8-9-10-11-14(12-15)13-16-14/h15H,2-13H2,1H3. The number of aliphatic hydroxyl groups excluding tert-OH is 1. The molecular weight excluding hydrogens is 200 g/mol. The summed E-state index contributed by atoms with van der Waals surface area (Å²) in [5.41, 5.74) is -0.110. The normalized spacial score (nSPS) is 23.6. The first-order valence-electron chi connectivity index (χ1n) is 7.08. The molecule has 0 radical (unpaired) electrons. The third kappa shape index (κ3) is 5.86. The monoisotopic (exact) mass is 228 g/mol. The Labute approximate surface area is 100 Å². The van der Waals surface area contributed by atoms with Gasteiger partial charge in [-0.2, -0.15) is 0 Å². The van der Waals surface area contributed by atoms with Gasteiger partial charge in [-0.25, -0.2) is 0 Å². The second-order valence-electron chi connectivity index (χ2n) is 5.21. The van der Waals surface area contributed by atoms with Gasteiger partial charge in [-0.1, -0.05) is 64.7 Å². The van der Waals surface area contributed by atoms with Crippen LogP contribution >= 0.6 is 0 Å². The van der Waals surface area contributed by atoms with Crippen LogP contribution < -0.4 is 0 Å². The van der Waals surface area contributed by atoms with Gasteiger partial charge < -0.3 is 9.84 Å². The van der Waals surface area contributed by atoms with E-state index in [2.05, 4.69) is 6.92 Å². The first kappa shape index (κ1) is 14.0. The molecule has 1 N–H and O–H groups in total. The highest BCUT2D eigenvalue weighted by atomic mass is 16.6. The molecule has 96 valence electrons. The Morgan fingerprint density at radius 2 is 1.44 bits per heavy atom. The van der Waals surface area contributed by atoms with Crippen molar-refractivity contribution in [1.82, 2.24) is 0 Å².